The van der Waals surface area contributed by atoms with Crippen molar-refractivity contribution in [3.8, 4) is 11.5 Å². The van der Waals surface area contributed by atoms with E-state index in [-0.39, 0.29) is 6.29 Å². The highest BCUT2D eigenvalue weighted by atomic mass is 16.7. The van der Waals surface area contributed by atoms with Crippen molar-refractivity contribution >= 4 is 10.8 Å². The highest BCUT2D eigenvalue weighted by Crippen LogP contribution is 2.49. The first kappa shape index (κ1) is 11.1. The van der Waals surface area contributed by atoms with Crippen LogP contribution in [0, 0.1) is 0 Å². The highest BCUT2D eigenvalue weighted by molar-refractivity contribution is 5.95. The molecular weight excluding hydrogens is 240 g/mol. The molecule has 2 unspecified atom stereocenters. The van der Waals surface area contributed by atoms with Crippen LogP contribution in [0.5, 0.6) is 11.5 Å². The van der Waals surface area contributed by atoms with E-state index in [9.17, 15) is 0 Å². The SMILES string of the molecule is COc1cc2c(c3ccccc13)OC1OCCCC21. The van der Waals surface area contributed by atoms with Crippen LogP contribution in [0.4, 0.5) is 0 Å². The number of hydrogen-bond donors (Lipinski definition) is 0. The second kappa shape index (κ2) is 4.14. The third-order valence-electron chi connectivity index (χ3n) is 4.11. The van der Waals surface area contributed by atoms with Gasteiger partial charge in [0.1, 0.15) is 11.5 Å². The summed E-state index contributed by atoms with van der Waals surface area (Å²) in [6.45, 7) is 0.796. The number of methoxy groups -OCH3 is 1. The summed E-state index contributed by atoms with van der Waals surface area (Å²) in [7, 11) is 1.72. The summed E-state index contributed by atoms with van der Waals surface area (Å²) in [5.41, 5.74) is 1.24. The quantitative estimate of drug-likeness (QED) is 0.782. The van der Waals surface area contributed by atoms with Gasteiger partial charge >= 0.3 is 0 Å². The van der Waals surface area contributed by atoms with Crippen LogP contribution in [0.15, 0.2) is 30.3 Å². The molecule has 0 aliphatic carbocycles. The van der Waals surface area contributed by atoms with Crippen molar-refractivity contribution in [1.29, 1.82) is 0 Å². The lowest BCUT2D eigenvalue weighted by molar-refractivity contribution is -0.104. The van der Waals surface area contributed by atoms with Gasteiger partial charge in [-0.3, -0.25) is 0 Å². The maximum absolute atomic E-state index is 6.05. The summed E-state index contributed by atoms with van der Waals surface area (Å²) in [4.78, 5) is 0. The van der Waals surface area contributed by atoms with Crippen LogP contribution in [0.25, 0.3) is 10.8 Å². The van der Waals surface area contributed by atoms with Crippen molar-refractivity contribution in [2.45, 2.75) is 25.0 Å². The van der Waals surface area contributed by atoms with E-state index in [1.807, 2.05) is 12.1 Å². The van der Waals surface area contributed by atoms with Gasteiger partial charge in [-0.1, -0.05) is 24.3 Å². The van der Waals surface area contributed by atoms with Crippen LogP contribution in [0.3, 0.4) is 0 Å². The minimum Gasteiger partial charge on any atom is -0.496 e. The third kappa shape index (κ3) is 1.55. The number of hydrogen-bond acceptors (Lipinski definition) is 3. The molecule has 2 aliphatic heterocycles. The Bertz CT molecular complexity index is 635. The zero-order valence-corrected chi connectivity index (χ0v) is 10.9. The molecule has 19 heavy (non-hydrogen) atoms. The van der Waals surface area contributed by atoms with Gasteiger partial charge in [-0.05, 0) is 18.9 Å². The van der Waals surface area contributed by atoms with Gasteiger partial charge in [0, 0.05) is 16.3 Å². The normalized spacial score (nSPS) is 24.7. The molecule has 0 saturated carbocycles. The molecule has 98 valence electrons. The molecule has 2 aliphatic rings. The number of benzene rings is 2. The molecule has 2 heterocycles. The first-order valence-electron chi connectivity index (χ1n) is 6.76. The van der Waals surface area contributed by atoms with Gasteiger partial charge in [-0.25, -0.2) is 0 Å². The van der Waals surface area contributed by atoms with Gasteiger partial charge in [0.05, 0.1) is 19.6 Å². The predicted octanol–water partition coefficient (Wildman–Crippen LogP) is 3.46. The Morgan fingerprint density at radius 1 is 1.21 bits per heavy atom. The molecule has 2 atom stereocenters. The Kier molecular flexibility index (Phi) is 2.42. The summed E-state index contributed by atoms with van der Waals surface area (Å²) < 4.78 is 17.3. The van der Waals surface area contributed by atoms with E-state index < -0.39 is 0 Å². The van der Waals surface area contributed by atoms with Crippen LogP contribution in [-0.4, -0.2) is 20.0 Å². The zero-order chi connectivity index (χ0) is 12.8. The van der Waals surface area contributed by atoms with E-state index in [1.54, 1.807) is 7.11 Å². The van der Waals surface area contributed by atoms with Gasteiger partial charge in [0.25, 0.3) is 0 Å². The van der Waals surface area contributed by atoms with Gasteiger partial charge in [-0.2, -0.15) is 0 Å². The number of rotatable bonds is 1. The Labute approximate surface area is 112 Å². The first-order valence-corrected chi connectivity index (χ1v) is 6.76. The van der Waals surface area contributed by atoms with Crippen molar-refractivity contribution in [2.75, 3.05) is 13.7 Å². The molecule has 0 aromatic heterocycles. The Hall–Kier alpha value is -1.74. The summed E-state index contributed by atoms with van der Waals surface area (Å²) in [6.07, 6.45) is 2.11. The van der Waals surface area contributed by atoms with Crippen molar-refractivity contribution in [3.63, 3.8) is 0 Å². The summed E-state index contributed by atoms with van der Waals surface area (Å²) in [5, 5.41) is 2.22. The molecule has 0 radical (unpaired) electrons. The molecule has 3 nitrogen and oxygen atoms in total. The lowest BCUT2D eigenvalue weighted by atomic mass is 9.91. The molecule has 0 N–H and O–H groups in total. The van der Waals surface area contributed by atoms with Crippen molar-refractivity contribution in [1.82, 2.24) is 0 Å². The van der Waals surface area contributed by atoms with E-state index in [0.29, 0.717) is 5.92 Å². The standard InChI is InChI=1S/C16H16O3/c1-17-14-9-13-12-7-4-8-18-16(12)19-15(13)11-6-3-2-5-10(11)14/h2-3,5-6,9,12,16H,4,7-8H2,1H3. The summed E-state index contributed by atoms with van der Waals surface area (Å²) >= 11 is 0. The van der Waals surface area contributed by atoms with E-state index in [1.165, 1.54) is 5.56 Å². The lowest BCUT2D eigenvalue weighted by Crippen LogP contribution is -2.27. The fourth-order valence-electron chi connectivity index (χ4n) is 3.20. The van der Waals surface area contributed by atoms with Gasteiger partial charge in [0.2, 0.25) is 6.29 Å². The first-order chi connectivity index (χ1) is 9.38. The fraction of sp³-hybridized carbons (Fsp3) is 0.375. The van der Waals surface area contributed by atoms with E-state index in [4.69, 9.17) is 14.2 Å². The minimum atomic E-state index is -0.112. The number of ether oxygens (including phenoxy) is 3. The molecular formula is C16H16O3. The smallest absolute Gasteiger partial charge is 0.206 e. The molecule has 0 spiro atoms. The van der Waals surface area contributed by atoms with Crippen LogP contribution in [0.2, 0.25) is 0 Å². The molecule has 0 bridgehead atoms. The average molecular weight is 256 g/mol. The maximum Gasteiger partial charge on any atom is 0.206 e. The Morgan fingerprint density at radius 2 is 2.05 bits per heavy atom. The molecule has 2 aromatic rings. The molecule has 1 fully saturated rings. The maximum atomic E-state index is 6.05. The topological polar surface area (TPSA) is 27.7 Å². The highest BCUT2D eigenvalue weighted by Gasteiger charge is 2.38. The molecule has 0 amide bonds. The number of fused-ring (bicyclic) bond motifs is 5. The van der Waals surface area contributed by atoms with Crippen LogP contribution < -0.4 is 9.47 Å². The lowest BCUT2D eigenvalue weighted by Gasteiger charge is -2.24. The second-order valence-corrected chi connectivity index (χ2v) is 5.15. The van der Waals surface area contributed by atoms with E-state index in [0.717, 1.165) is 41.7 Å². The predicted molar refractivity (Wildman–Crippen MR) is 72.8 cm³/mol. The van der Waals surface area contributed by atoms with Crippen molar-refractivity contribution in [3.05, 3.63) is 35.9 Å². The fourth-order valence-corrected chi connectivity index (χ4v) is 3.20. The van der Waals surface area contributed by atoms with Gasteiger partial charge in [-0.15, -0.1) is 0 Å². The van der Waals surface area contributed by atoms with Crippen LogP contribution in [0.1, 0.15) is 24.3 Å². The van der Waals surface area contributed by atoms with Crippen molar-refractivity contribution < 1.29 is 14.2 Å². The average Bonchev–Trinajstić information content (AvgIpc) is 2.85. The summed E-state index contributed by atoms with van der Waals surface area (Å²) in [6, 6.07) is 10.3. The van der Waals surface area contributed by atoms with Crippen molar-refractivity contribution in [2.24, 2.45) is 0 Å². The Balaban J connectivity index is 1.97. The largest absolute Gasteiger partial charge is 0.496 e. The summed E-state index contributed by atoms with van der Waals surface area (Å²) in [5.74, 6) is 2.25. The van der Waals surface area contributed by atoms with E-state index in [2.05, 4.69) is 18.2 Å². The monoisotopic (exact) mass is 256 g/mol. The molecule has 4 rings (SSSR count). The van der Waals surface area contributed by atoms with Gasteiger partial charge < -0.3 is 14.2 Å². The second-order valence-electron chi connectivity index (χ2n) is 5.15. The van der Waals surface area contributed by atoms with Gasteiger partial charge in [0.15, 0.2) is 0 Å². The third-order valence-corrected chi connectivity index (χ3v) is 4.11. The minimum absolute atomic E-state index is 0.112. The molecule has 3 heteroatoms. The molecule has 1 saturated heterocycles. The Morgan fingerprint density at radius 3 is 2.89 bits per heavy atom. The van der Waals surface area contributed by atoms with E-state index >= 15 is 0 Å². The van der Waals surface area contributed by atoms with Crippen LogP contribution >= 0.6 is 0 Å². The zero-order valence-electron chi connectivity index (χ0n) is 10.9. The molecule has 2 aromatic carbocycles. The van der Waals surface area contributed by atoms with Crippen LogP contribution in [-0.2, 0) is 4.74 Å².